The highest BCUT2D eigenvalue weighted by molar-refractivity contribution is 6.01. The summed E-state index contributed by atoms with van der Waals surface area (Å²) in [6, 6.07) is 0. The van der Waals surface area contributed by atoms with E-state index in [-0.39, 0.29) is 22.7 Å². The average Bonchev–Trinajstić information content (AvgIpc) is 2.75. The maximum absolute atomic E-state index is 11.8. The van der Waals surface area contributed by atoms with Gasteiger partial charge >= 0.3 is 0 Å². The first kappa shape index (κ1) is 14.7. The van der Waals surface area contributed by atoms with Gasteiger partial charge in [-0.05, 0) is 73.3 Å². The van der Waals surface area contributed by atoms with Crippen LogP contribution < -0.4 is 0 Å². The number of rotatable bonds is 0. The second-order valence-corrected chi connectivity index (χ2v) is 8.80. The van der Waals surface area contributed by atoms with Crippen molar-refractivity contribution in [2.45, 2.75) is 59.0 Å². The summed E-state index contributed by atoms with van der Waals surface area (Å²) in [6.45, 7) is 7.06. The summed E-state index contributed by atoms with van der Waals surface area (Å²) in [6.07, 6.45) is 11.3. The molecule has 0 aromatic carbocycles. The first-order valence-electron chi connectivity index (χ1n) is 8.98. The summed E-state index contributed by atoms with van der Waals surface area (Å²) >= 11 is 0. The van der Waals surface area contributed by atoms with E-state index in [4.69, 9.17) is 0 Å². The number of aliphatic hydroxyl groups is 1. The number of carbonyl (C=O) groups excluding carboxylic acids is 1. The number of ketones is 1. The highest BCUT2D eigenvalue weighted by Gasteiger charge is 2.60. The lowest BCUT2D eigenvalue weighted by molar-refractivity contribution is -0.111. The van der Waals surface area contributed by atoms with Crippen LogP contribution in [-0.4, -0.2) is 17.0 Å². The molecule has 3 fully saturated rings. The molecule has 0 aromatic heterocycles. The van der Waals surface area contributed by atoms with Gasteiger partial charge in [0.15, 0.2) is 5.78 Å². The van der Waals surface area contributed by atoms with E-state index in [1.165, 1.54) is 18.4 Å². The van der Waals surface area contributed by atoms with Crippen molar-refractivity contribution in [3.05, 3.63) is 23.8 Å². The Kier molecular flexibility index (Phi) is 3.05. The monoisotopic (exact) mass is 300 g/mol. The minimum Gasteiger partial charge on any atom is -0.393 e. The Bertz CT molecular complexity index is 574. The van der Waals surface area contributed by atoms with Gasteiger partial charge in [0.2, 0.25) is 0 Å². The molecule has 0 radical (unpaired) electrons. The van der Waals surface area contributed by atoms with Gasteiger partial charge in [0.25, 0.3) is 0 Å². The molecule has 0 saturated heterocycles. The summed E-state index contributed by atoms with van der Waals surface area (Å²) in [4.78, 5) is 11.8. The Morgan fingerprint density at radius 1 is 1.23 bits per heavy atom. The van der Waals surface area contributed by atoms with Crippen LogP contribution in [0.3, 0.4) is 0 Å². The van der Waals surface area contributed by atoms with Crippen LogP contribution in [0.1, 0.15) is 52.9 Å². The topological polar surface area (TPSA) is 37.3 Å². The third-order valence-electron chi connectivity index (χ3n) is 7.75. The number of hydrogen-bond acceptors (Lipinski definition) is 2. The van der Waals surface area contributed by atoms with E-state index >= 15 is 0 Å². The van der Waals surface area contributed by atoms with Crippen molar-refractivity contribution in [1.29, 1.82) is 0 Å². The van der Waals surface area contributed by atoms with Gasteiger partial charge in [-0.3, -0.25) is 4.79 Å². The Hall–Kier alpha value is -0.890. The molecule has 0 bridgehead atoms. The Balaban J connectivity index is 1.76. The SMILES string of the molecule is CC1CC2(C)C(O)CCC2C2CCC3=CC(=O)C=CC3(C)C12. The molecule has 4 aliphatic rings. The van der Waals surface area contributed by atoms with E-state index in [2.05, 4.69) is 26.8 Å². The van der Waals surface area contributed by atoms with Crippen molar-refractivity contribution in [3.63, 3.8) is 0 Å². The van der Waals surface area contributed by atoms with Crippen LogP contribution in [0.5, 0.6) is 0 Å². The Morgan fingerprint density at radius 2 is 2.00 bits per heavy atom. The predicted octanol–water partition coefficient (Wildman–Crippen LogP) is 3.90. The van der Waals surface area contributed by atoms with E-state index in [1.807, 2.05) is 6.08 Å². The Labute approximate surface area is 133 Å². The van der Waals surface area contributed by atoms with Crippen molar-refractivity contribution in [3.8, 4) is 0 Å². The maximum atomic E-state index is 11.8. The molecule has 0 amide bonds. The lowest BCUT2D eigenvalue weighted by Crippen LogP contribution is -2.53. The molecule has 0 spiro atoms. The summed E-state index contributed by atoms with van der Waals surface area (Å²) in [5, 5.41) is 10.6. The number of allylic oxidation sites excluding steroid dienone is 4. The Morgan fingerprint density at radius 3 is 2.77 bits per heavy atom. The van der Waals surface area contributed by atoms with E-state index in [0.29, 0.717) is 23.7 Å². The molecule has 7 atom stereocenters. The smallest absolute Gasteiger partial charge is 0.178 e. The fourth-order valence-electron chi connectivity index (χ4n) is 6.87. The molecule has 4 aliphatic carbocycles. The zero-order valence-corrected chi connectivity index (χ0v) is 14.0. The molecule has 7 unspecified atom stereocenters. The van der Waals surface area contributed by atoms with Crippen molar-refractivity contribution >= 4 is 5.78 Å². The van der Waals surface area contributed by atoms with Gasteiger partial charge < -0.3 is 5.11 Å². The molecule has 0 aliphatic heterocycles. The maximum Gasteiger partial charge on any atom is 0.178 e. The third kappa shape index (κ3) is 1.73. The largest absolute Gasteiger partial charge is 0.393 e. The second-order valence-electron chi connectivity index (χ2n) is 8.80. The first-order chi connectivity index (χ1) is 10.4. The molecule has 22 heavy (non-hydrogen) atoms. The van der Waals surface area contributed by atoms with Crippen LogP contribution in [0.2, 0.25) is 0 Å². The van der Waals surface area contributed by atoms with Gasteiger partial charge in [-0.2, -0.15) is 0 Å². The fraction of sp³-hybridized carbons (Fsp3) is 0.750. The summed E-state index contributed by atoms with van der Waals surface area (Å²) in [7, 11) is 0. The molecule has 120 valence electrons. The molecule has 2 heteroatoms. The van der Waals surface area contributed by atoms with E-state index < -0.39 is 0 Å². The second kappa shape index (κ2) is 4.56. The molecule has 0 aromatic rings. The molecule has 1 N–H and O–H groups in total. The molecule has 0 heterocycles. The number of fused-ring (bicyclic) bond motifs is 5. The third-order valence-corrected chi connectivity index (χ3v) is 7.75. The molecule has 4 rings (SSSR count). The lowest BCUT2D eigenvalue weighted by atomic mass is 9.45. The van der Waals surface area contributed by atoms with Crippen LogP contribution in [0.15, 0.2) is 23.8 Å². The fourth-order valence-corrected chi connectivity index (χ4v) is 6.87. The van der Waals surface area contributed by atoms with Gasteiger partial charge in [0, 0.05) is 5.41 Å². The zero-order chi connectivity index (χ0) is 15.7. The average molecular weight is 300 g/mol. The molecule has 3 saturated carbocycles. The van der Waals surface area contributed by atoms with Crippen molar-refractivity contribution in [1.82, 2.24) is 0 Å². The highest BCUT2D eigenvalue weighted by Crippen LogP contribution is 2.65. The van der Waals surface area contributed by atoms with E-state index in [1.54, 1.807) is 6.08 Å². The molecule has 2 nitrogen and oxygen atoms in total. The van der Waals surface area contributed by atoms with Gasteiger partial charge in [0.1, 0.15) is 0 Å². The standard InChI is InChI=1S/C20H28O2/c1-12-11-20(3)16(6-7-17(20)22)15-5-4-13-10-14(21)8-9-19(13,2)18(12)15/h8-10,12,15-18,22H,4-7,11H2,1-3H3. The van der Waals surface area contributed by atoms with Gasteiger partial charge in [-0.25, -0.2) is 0 Å². The highest BCUT2D eigenvalue weighted by atomic mass is 16.3. The van der Waals surface area contributed by atoms with Gasteiger partial charge in [0.05, 0.1) is 6.10 Å². The van der Waals surface area contributed by atoms with Crippen molar-refractivity contribution < 1.29 is 9.90 Å². The normalized spacial score (nSPS) is 53.5. The van der Waals surface area contributed by atoms with Crippen molar-refractivity contribution in [2.75, 3.05) is 0 Å². The van der Waals surface area contributed by atoms with Crippen LogP contribution in [-0.2, 0) is 4.79 Å². The lowest BCUT2D eigenvalue weighted by Gasteiger charge is -2.59. The number of hydrogen-bond donors (Lipinski definition) is 1. The van der Waals surface area contributed by atoms with E-state index in [9.17, 15) is 9.90 Å². The minimum atomic E-state index is -0.117. The van der Waals surface area contributed by atoms with Gasteiger partial charge in [-0.15, -0.1) is 0 Å². The van der Waals surface area contributed by atoms with Crippen LogP contribution in [0.4, 0.5) is 0 Å². The van der Waals surface area contributed by atoms with E-state index in [0.717, 1.165) is 19.3 Å². The summed E-state index contributed by atoms with van der Waals surface area (Å²) < 4.78 is 0. The number of carbonyl (C=O) groups is 1. The van der Waals surface area contributed by atoms with Crippen molar-refractivity contribution in [2.24, 2.45) is 34.5 Å². The quantitative estimate of drug-likeness (QED) is 0.736. The van der Waals surface area contributed by atoms with Crippen LogP contribution in [0.25, 0.3) is 0 Å². The zero-order valence-electron chi connectivity index (χ0n) is 14.0. The molecular formula is C20H28O2. The van der Waals surface area contributed by atoms with Crippen LogP contribution >= 0.6 is 0 Å². The summed E-state index contributed by atoms with van der Waals surface area (Å²) in [5.74, 6) is 2.75. The minimum absolute atomic E-state index is 0.0606. The predicted molar refractivity (Wildman–Crippen MR) is 87.2 cm³/mol. The molecular weight excluding hydrogens is 272 g/mol. The first-order valence-corrected chi connectivity index (χ1v) is 8.98. The van der Waals surface area contributed by atoms with Gasteiger partial charge in [-0.1, -0.05) is 32.4 Å². The number of aliphatic hydroxyl groups excluding tert-OH is 1. The van der Waals surface area contributed by atoms with Crippen LogP contribution in [0, 0.1) is 34.5 Å². The summed E-state index contributed by atoms with van der Waals surface area (Å²) in [5.41, 5.74) is 1.53.